The zero-order chi connectivity index (χ0) is 12.3. The van der Waals surface area contributed by atoms with Gasteiger partial charge in [0.15, 0.2) is 0 Å². The largest absolute Gasteiger partial charge is 0.492 e. The number of hydrogen-bond donors (Lipinski definition) is 2. The molecule has 4 nitrogen and oxygen atoms in total. The van der Waals surface area contributed by atoms with Crippen LogP contribution in [0, 0.1) is 12.8 Å². The minimum absolute atomic E-state index is 0.440. The smallest absolute Gasteiger partial charge is 0.252 e. The summed E-state index contributed by atoms with van der Waals surface area (Å²) in [6.07, 6.45) is 1.12. The molecule has 3 N–H and O–H groups in total. The highest BCUT2D eigenvalue weighted by Gasteiger charge is 2.16. The maximum absolute atomic E-state index is 11.3. The van der Waals surface area contributed by atoms with Gasteiger partial charge in [0.05, 0.1) is 12.2 Å². The molecule has 4 heteroatoms. The molecule has 1 saturated heterocycles. The molecule has 1 fully saturated rings. The summed E-state index contributed by atoms with van der Waals surface area (Å²) in [7, 11) is 0. The third kappa shape index (κ3) is 2.97. The molecule has 92 valence electrons. The summed E-state index contributed by atoms with van der Waals surface area (Å²) in [5.74, 6) is 0.685. The summed E-state index contributed by atoms with van der Waals surface area (Å²) in [5.41, 5.74) is 6.84. The van der Waals surface area contributed by atoms with Gasteiger partial charge < -0.3 is 15.8 Å². The van der Waals surface area contributed by atoms with Crippen LogP contribution >= 0.6 is 0 Å². The minimum atomic E-state index is -0.440. The van der Waals surface area contributed by atoms with Crippen LogP contribution in [0.5, 0.6) is 5.75 Å². The number of ether oxygens (including phenoxy) is 1. The molecule has 0 bridgehead atoms. The van der Waals surface area contributed by atoms with Crippen molar-refractivity contribution < 1.29 is 9.53 Å². The van der Waals surface area contributed by atoms with Crippen LogP contribution in [0.25, 0.3) is 0 Å². The average molecular weight is 234 g/mol. The van der Waals surface area contributed by atoms with Gasteiger partial charge >= 0.3 is 0 Å². The Balaban J connectivity index is 2.07. The monoisotopic (exact) mass is 234 g/mol. The molecule has 1 unspecified atom stereocenters. The Morgan fingerprint density at radius 3 is 3.06 bits per heavy atom. The second kappa shape index (κ2) is 5.19. The number of rotatable bonds is 4. The van der Waals surface area contributed by atoms with Gasteiger partial charge in [-0.3, -0.25) is 4.79 Å². The Hall–Kier alpha value is -1.55. The first-order chi connectivity index (χ1) is 8.16. The summed E-state index contributed by atoms with van der Waals surface area (Å²) in [6.45, 7) is 4.63. The lowest BCUT2D eigenvalue weighted by Crippen LogP contribution is -2.18. The van der Waals surface area contributed by atoms with Crippen molar-refractivity contribution in [3.8, 4) is 5.75 Å². The number of nitrogens with two attached hydrogens (primary N) is 1. The van der Waals surface area contributed by atoms with Crippen LogP contribution in [-0.4, -0.2) is 25.6 Å². The Morgan fingerprint density at radius 2 is 2.41 bits per heavy atom. The molecule has 0 aromatic heterocycles. The zero-order valence-corrected chi connectivity index (χ0v) is 10.0. The fourth-order valence-electron chi connectivity index (χ4n) is 2.02. The number of aryl methyl sites for hydroxylation is 1. The standard InChI is InChI=1S/C13H18N2O2/c1-9-2-3-11(13(14)16)12(6-9)17-8-10-4-5-15-7-10/h2-3,6,10,15H,4-5,7-8H2,1H3,(H2,14,16). The molecule has 1 atom stereocenters. The Kier molecular flexibility index (Phi) is 3.64. The number of amides is 1. The molecule has 1 aliphatic rings. The molecule has 0 spiro atoms. The van der Waals surface area contributed by atoms with Gasteiger partial charge in [0, 0.05) is 12.5 Å². The van der Waals surface area contributed by atoms with E-state index >= 15 is 0 Å². The molecule has 1 amide bonds. The van der Waals surface area contributed by atoms with Crippen molar-refractivity contribution in [3.05, 3.63) is 29.3 Å². The molecule has 1 aromatic rings. The number of hydrogen-bond acceptors (Lipinski definition) is 3. The minimum Gasteiger partial charge on any atom is -0.492 e. The van der Waals surface area contributed by atoms with Crippen molar-refractivity contribution in [1.29, 1.82) is 0 Å². The average Bonchev–Trinajstić information content (AvgIpc) is 2.78. The van der Waals surface area contributed by atoms with Crippen LogP contribution in [0.1, 0.15) is 22.3 Å². The number of carbonyl (C=O) groups excluding carboxylic acids is 1. The maximum Gasteiger partial charge on any atom is 0.252 e. The Morgan fingerprint density at radius 1 is 1.59 bits per heavy atom. The van der Waals surface area contributed by atoms with Crippen LogP contribution in [0.3, 0.4) is 0 Å². The van der Waals surface area contributed by atoms with E-state index in [2.05, 4.69) is 5.32 Å². The predicted octanol–water partition coefficient (Wildman–Crippen LogP) is 1.08. The van der Waals surface area contributed by atoms with Crippen LogP contribution in [0.2, 0.25) is 0 Å². The number of primary amides is 1. The van der Waals surface area contributed by atoms with Gasteiger partial charge in [0.25, 0.3) is 5.91 Å². The highest BCUT2D eigenvalue weighted by molar-refractivity contribution is 5.95. The van der Waals surface area contributed by atoms with Gasteiger partial charge in [-0.25, -0.2) is 0 Å². The van der Waals surface area contributed by atoms with E-state index in [0.29, 0.717) is 23.8 Å². The first kappa shape index (κ1) is 11.9. The molecular weight excluding hydrogens is 216 g/mol. The normalized spacial score (nSPS) is 19.2. The molecule has 1 aliphatic heterocycles. The van der Waals surface area contributed by atoms with E-state index in [-0.39, 0.29) is 0 Å². The number of nitrogens with one attached hydrogen (secondary N) is 1. The molecule has 1 heterocycles. The van der Waals surface area contributed by atoms with Crippen molar-refractivity contribution >= 4 is 5.91 Å². The summed E-state index contributed by atoms with van der Waals surface area (Å²) in [5, 5.41) is 3.29. The fraction of sp³-hybridized carbons (Fsp3) is 0.462. The summed E-state index contributed by atoms with van der Waals surface area (Å²) < 4.78 is 5.72. The highest BCUT2D eigenvalue weighted by atomic mass is 16.5. The van der Waals surface area contributed by atoms with Crippen LogP contribution in [0.15, 0.2) is 18.2 Å². The first-order valence-electron chi connectivity index (χ1n) is 5.91. The Bertz CT molecular complexity index is 412. The van der Waals surface area contributed by atoms with Crippen LogP contribution in [-0.2, 0) is 0 Å². The van der Waals surface area contributed by atoms with Gasteiger partial charge in [-0.05, 0) is 37.6 Å². The van der Waals surface area contributed by atoms with Gasteiger partial charge in [-0.15, -0.1) is 0 Å². The van der Waals surface area contributed by atoms with E-state index in [0.717, 1.165) is 25.1 Å². The van der Waals surface area contributed by atoms with E-state index in [1.807, 2.05) is 19.1 Å². The van der Waals surface area contributed by atoms with Crippen molar-refractivity contribution in [2.24, 2.45) is 11.7 Å². The van der Waals surface area contributed by atoms with Crippen molar-refractivity contribution in [2.45, 2.75) is 13.3 Å². The van der Waals surface area contributed by atoms with Crippen molar-refractivity contribution in [1.82, 2.24) is 5.32 Å². The topological polar surface area (TPSA) is 64.4 Å². The van der Waals surface area contributed by atoms with Crippen LogP contribution < -0.4 is 15.8 Å². The van der Waals surface area contributed by atoms with Crippen LogP contribution in [0.4, 0.5) is 0 Å². The molecule has 0 radical (unpaired) electrons. The molecule has 0 saturated carbocycles. The van der Waals surface area contributed by atoms with Gasteiger partial charge in [0.1, 0.15) is 5.75 Å². The van der Waals surface area contributed by atoms with E-state index in [1.165, 1.54) is 0 Å². The van der Waals surface area contributed by atoms with E-state index < -0.39 is 5.91 Å². The van der Waals surface area contributed by atoms with Gasteiger partial charge in [-0.1, -0.05) is 6.07 Å². The molecular formula is C13H18N2O2. The lowest BCUT2D eigenvalue weighted by atomic mass is 10.1. The molecule has 2 rings (SSSR count). The Labute approximate surface area is 101 Å². The third-order valence-electron chi connectivity index (χ3n) is 3.04. The quantitative estimate of drug-likeness (QED) is 0.819. The second-order valence-corrected chi connectivity index (χ2v) is 4.53. The second-order valence-electron chi connectivity index (χ2n) is 4.53. The molecule has 17 heavy (non-hydrogen) atoms. The summed E-state index contributed by atoms with van der Waals surface area (Å²) >= 11 is 0. The van der Waals surface area contributed by atoms with Crippen molar-refractivity contribution in [3.63, 3.8) is 0 Å². The first-order valence-corrected chi connectivity index (χ1v) is 5.91. The van der Waals surface area contributed by atoms with E-state index in [9.17, 15) is 4.79 Å². The third-order valence-corrected chi connectivity index (χ3v) is 3.04. The number of benzene rings is 1. The summed E-state index contributed by atoms with van der Waals surface area (Å²) in [4.78, 5) is 11.3. The lowest BCUT2D eigenvalue weighted by molar-refractivity contribution is 0.0995. The fourth-order valence-corrected chi connectivity index (χ4v) is 2.02. The van der Waals surface area contributed by atoms with Gasteiger partial charge in [0.2, 0.25) is 0 Å². The molecule has 0 aliphatic carbocycles. The lowest BCUT2D eigenvalue weighted by Gasteiger charge is -2.13. The maximum atomic E-state index is 11.3. The van der Waals surface area contributed by atoms with Gasteiger partial charge in [-0.2, -0.15) is 0 Å². The summed E-state index contributed by atoms with van der Waals surface area (Å²) in [6, 6.07) is 5.45. The number of carbonyl (C=O) groups is 1. The van der Waals surface area contributed by atoms with E-state index in [4.69, 9.17) is 10.5 Å². The van der Waals surface area contributed by atoms with E-state index in [1.54, 1.807) is 6.07 Å². The zero-order valence-electron chi connectivity index (χ0n) is 10.0. The SMILES string of the molecule is Cc1ccc(C(N)=O)c(OCC2CCNC2)c1. The van der Waals surface area contributed by atoms with Crippen molar-refractivity contribution in [2.75, 3.05) is 19.7 Å². The molecule has 1 aromatic carbocycles. The highest BCUT2D eigenvalue weighted by Crippen LogP contribution is 2.21. The predicted molar refractivity (Wildman–Crippen MR) is 66.2 cm³/mol.